The lowest BCUT2D eigenvalue weighted by Crippen LogP contribution is -2.45. The van der Waals surface area contributed by atoms with Crippen molar-refractivity contribution < 1.29 is 0 Å². The molecule has 2 heterocycles. The summed E-state index contributed by atoms with van der Waals surface area (Å²) in [6, 6.07) is 0. The van der Waals surface area contributed by atoms with Crippen LogP contribution in [0, 0.1) is 5.92 Å². The highest BCUT2D eigenvalue weighted by atomic mass is 127. The fraction of sp³-hybridized carbons (Fsp3) is 0.875. The Morgan fingerprint density at radius 2 is 2.06 bits per heavy atom. The van der Waals surface area contributed by atoms with E-state index in [1.807, 2.05) is 16.1 Å². The summed E-state index contributed by atoms with van der Waals surface area (Å²) in [5, 5.41) is 0. The lowest BCUT2D eigenvalue weighted by Gasteiger charge is -2.41. The van der Waals surface area contributed by atoms with E-state index in [1.165, 1.54) is 58.0 Å². The Balaban J connectivity index is 0.000000574. The van der Waals surface area contributed by atoms with Gasteiger partial charge >= 0.3 is 0 Å². The van der Waals surface area contributed by atoms with E-state index < -0.39 is 0 Å². The van der Waals surface area contributed by atoms with Crippen LogP contribution in [0.3, 0.4) is 0 Å². The smallest absolute Gasteiger partial charge is 0.0398 e. The molecule has 104 valence electrons. The normalized spacial score (nSPS) is 35.0. The number of rotatable bonds is 2. The molecule has 0 spiro atoms. The minimum absolute atomic E-state index is 0.476. The minimum atomic E-state index is 0.476. The summed E-state index contributed by atoms with van der Waals surface area (Å²) >= 11 is 2.15. The maximum atomic E-state index is 2.80. The molecule has 0 aromatic heterocycles. The molecule has 18 heavy (non-hydrogen) atoms. The summed E-state index contributed by atoms with van der Waals surface area (Å²) in [4.78, 5) is 4.77. The van der Waals surface area contributed by atoms with E-state index in [4.69, 9.17) is 0 Å². The molecule has 0 bridgehead atoms. The van der Waals surface area contributed by atoms with Gasteiger partial charge in [-0.2, -0.15) is 0 Å². The third-order valence-electron chi connectivity index (χ3n) is 5.23. The molecule has 3 aliphatic rings. The Labute approximate surface area is 127 Å². The summed E-state index contributed by atoms with van der Waals surface area (Å²) in [7, 11) is 0. The molecular weight excluding hydrogens is 333 g/mol. The van der Waals surface area contributed by atoms with Gasteiger partial charge in [0.25, 0.3) is 0 Å². The van der Waals surface area contributed by atoms with Crippen molar-refractivity contribution in [2.75, 3.05) is 18.0 Å². The summed E-state index contributed by atoms with van der Waals surface area (Å²) < 4.78 is 0. The van der Waals surface area contributed by atoms with Gasteiger partial charge in [-0.3, -0.25) is 4.90 Å². The molecule has 0 aromatic rings. The van der Waals surface area contributed by atoms with Crippen LogP contribution >= 0.6 is 22.6 Å². The summed E-state index contributed by atoms with van der Waals surface area (Å²) in [6.07, 6.45) is 9.88. The van der Waals surface area contributed by atoms with E-state index in [-0.39, 0.29) is 0 Å². The third-order valence-corrected chi connectivity index (χ3v) is 5.23. The molecule has 2 aliphatic heterocycles. The van der Waals surface area contributed by atoms with E-state index >= 15 is 0 Å². The fourth-order valence-electron chi connectivity index (χ4n) is 4.52. The highest BCUT2D eigenvalue weighted by molar-refractivity contribution is 14.1. The summed E-state index contributed by atoms with van der Waals surface area (Å²) in [5.74, 6) is 0.974. The first-order chi connectivity index (χ1) is 8.74. The molecule has 1 nitrogen and oxygen atoms in total. The lowest BCUT2D eigenvalue weighted by molar-refractivity contribution is 0.176. The Morgan fingerprint density at radius 3 is 2.78 bits per heavy atom. The second-order valence-corrected chi connectivity index (χ2v) is 6.26. The van der Waals surface area contributed by atoms with Gasteiger partial charge in [0, 0.05) is 18.6 Å². The predicted octanol–water partition coefficient (Wildman–Crippen LogP) is 4.80. The minimum Gasteiger partial charge on any atom is -0.294 e. The van der Waals surface area contributed by atoms with Crippen molar-refractivity contribution in [3.63, 3.8) is 0 Å². The van der Waals surface area contributed by atoms with Crippen LogP contribution in [0.1, 0.15) is 58.8 Å². The highest BCUT2D eigenvalue weighted by Gasteiger charge is 2.47. The largest absolute Gasteiger partial charge is 0.294 e. The molecule has 1 fully saturated rings. The van der Waals surface area contributed by atoms with E-state index in [0.717, 1.165) is 5.92 Å². The quantitative estimate of drug-likeness (QED) is 0.388. The molecule has 2 atom stereocenters. The number of alkyl halides is 1. The number of hydrogen-bond donors (Lipinski definition) is 0. The van der Waals surface area contributed by atoms with Crippen LogP contribution in [0.5, 0.6) is 0 Å². The third kappa shape index (κ3) is 2.52. The molecule has 0 N–H and O–H groups in total. The van der Waals surface area contributed by atoms with Crippen molar-refractivity contribution >= 4 is 22.6 Å². The second-order valence-electron chi connectivity index (χ2n) is 6.26. The zero-order chi connectivity index (χ0) is 13.2. The van der Waals surface area contributed by atoms with Gasteiger partial charge in [-0.05, 0) is 56.3 Å². The Morgan fingerprint density at radius 1 is 1.28 bits per heavy atom. The van der Waals surface area contributed by atoms with Crippen molar-refractivity contribution in [3.8, 4) is 0 Å². The Hall–Kier alpha value is 0.430. The number of halogens is 1. The van der Waals surface area contributed by atoms with Crippen LogP contribution in [0.15, 0.2) is 11.1 Å². The van der Waals surface area contributed by atoms with Crippen molar-refractivity contribution in [2.45, 2.75) is 64.3 Å². The molecule has 3 rings (SSSR count). The first-order valence-corrected chi connectivity index (χ1v) is 9.74. The van der Waals surface area contributed by atoms with Gasteiger partial charge < -0.3 is 0 Å². The summed E-state index contributed by atoms with van der Waals surface area (Å²) in [6.45, 7) is 7.58. The highest BCUT2D eigenvalue weighted by Crippen LogP contribution is 2.49. The molecule has 0 aromatic carbocycles. The average molecular weight is 361 g/mol. The molecule has 2 unspecified atom stereocenters. The Bertz CT molecular complexity index is 323. The van der Waals surface area contributed by atoms with Gasteiger partial charge in [0.2, 0.25) is 0 Å². The first-order valence-electron chi connectivity index (χ1n) is 7.58. The van der Waals surface area contributed by atoms with Gasteiger partial charge in [-0.15, -0.1) is 0 Å². The SMILES string of the molecule is CCCC1CN2CCC3=C(CCC3)C2(C)C1.CI. The van der Waals surface area contributed by atoms with E-state index in [0.29, 0.717) is 5.54 Å². The zero-order valence-electron chi connectivity index (χ0n) is 12.3. The lowest BCUT2D eigenvalue weighted by atomic mass is 9.81. The molecule has 0 amide bonds. The van der Waals surface area contributed by atoms with Crippen LogP contribution in [0.4, 0.5) is 0 Å². The fourth-order valence-corrected chi connectivity index (χ4v) is 4.52. The predicted molar refractivity (Wildman–Crippen MR) is 88.4 cm³/mol. The van der Waals surface area contributed by atoms with Crippen LogP contribution in [0.2, 0.25) is 0 Å². The molecule has 0 radical (unpaired) electrons. The standard InChI is InChI=1S/C15H25N.CH3I/c1-3-5-12-10-15(2)14-7-4-6-13(14)8-9-16(15)11-12;1-2/h12H,3-11H2,1-2H3;1H3. The van der Waals surface area contributed by atoms with Crippen LogP contribution in [-0.4, -0.2) is 28.5 Å². The van der Waals surface area contributed by atoms with E-state index in [1.54, 1.807) is 0 Å². The molecule has 2 heteroatoms. The van der Waals surface area contributed by atoms with Crippen LogP contribution in [-0.2, 0) is 0 Å². The number of hydrogen-bond acceptors (Lipinski definition) is 1. The van der Waals surface area contributed by atoms with Gasteiger partial charge in [-0.1, -0.05) is 47.1 Å². The van der Waals surface area contributed by atoms with Crippen LogP contribution < -0.4 is 0 Å². The van der Waals surface area contributed by atoms with Gasteiger partial charge in [0.1, 0.15) is 0 Å². The van der Waals surface area contributed by atoms with Crippen molar-refractivity contribution in [1.82, 2.24) is 4.90 Å². The van der Waals surface area contributed by atoms with Crippen LogP contribution in [0.25, 0.3) is 0 Å². The van der Waals surface area contributed by atoms with Gasteiger partial charge in [0.05, 0.1) is 0 Å². The molecule has 1 aliphatic carbocycles. The second kappa shape index (κ2) is 6.25. The van der Waals surface area contributed by atoms with E-state index in [2.05, 4.69) is 41.3 Å². The van der Waals surface area contributed by atoms with Crippen molar-refractivity contribution in [1.29, 1.82) is 0 Å². The van der Waals surface area contributed by atoms with E-state index in [9.17, 15) is 0 Å². The zero-order valence-corrected chi connectivity index (χ0v) is 14.4. The van der Waals surface area contributed by atoms with Gasteiger partial charge in [-0.25, -0.2) is 0 Å². The number of fused-ring (bicyclic) bond motifs is 2. The molecular formula is C16H28IN. The number of nitrogens with zero attached hydrogens (tertiary/aromatic N) is 1. The average Bonchev–Trinajstić information content (AvgIpc) is 2.95. The maximum Gasteiger partial charge on any atom is 0.0398 e. The Kier molecular flexibility index (Phi) is 5.15. The molecule has 1 saturated heterocycles. The van der Waals surface area contributed by atoms with Crippen molar-refractivity contribution in [2.24, 2.45) is 5.92 Å². The maximum absolute atomic E-state index is 2.80. The van der Waals surface area contributed by atoms with Crippen molar-refractivity contribution in [3.05, 3.63) is 11.1 Å². The topological polar surface area (TPSA) is 3.24 Å². The monoisotopic (exact) mass is 361 g/mol. The van der Waals surface area contributed by atoms with Gasteiger partial charge in [0.15, 0.2) is 0 Å². The molecule has 0 saturated carbocycles. The summed E-state index contributed by atoms with van der Waals surface area (Å²) in [5.41, 5.74) is 4.18. The first kappa shape index (κ1) is 14.8.